The first kappa shape index (κ1) is 20.1. The number of carbonyl (C=O) groups excluding carboxylic acids is 1. The van der Waals surface area contributed by atoms with Crippen LogP contribution in [-0.2, 0) is 9.53 Å². The number of fused-ring (bicyclic) bond motifs is 1. The van der Waals surface area contributed by atoms with Gasteiger partial charge in [0.25, 0.3) is 0 Å². The Morgan fingerprint density at radius 1 is 1.22 bits per heavy atom. The van der Waals surface area contributed by atoms with Gasteiger partial charge in [0.05, 0.1) is 12.5 Å². The van der Waals surface area contributed by atoms with Gasteiger partial charge in [-0.25, -0.2) is 0 Å². The molecule has 5 nitrogen and oxygen atoms in total. The van der Waals surface area contributed by atoms with E-state index in [-0.39, 0.29) is 18.5 Å². The van der Waals surface area contributed by atoms with E-state index in [0.717, 1.165) is 46.9 Å². The number of aliphatic hydroxyl groups excluding tert-OH is 1. The van der Waals surface area contributed by atoms with Crippen LogP contribution in [-0.4, -0.2) is 54.9 Å². The zero-order chi connectivity index (χ0) is 19.2. The molecule has 3 rings (SSSR count). The maximum Gasteiger partial charge on any atom is 0.309 e. The number of piperidine rings is 1. The summed E-state index contributed by atoms with van der Waals surface area (Å²) < 4.78 is 11.9. The van der Waals surface area contributed by atoms with Crippen LogP contribution in [0.1, 0.15) is 19.8 Å². The molecular weight excluding hydrogens is 410 g/mol. The summed E-state index contributed by atoms with van der Waals surface area (Å²) in [5.41, 5.74) is 0. The first-order valence-corrected chi connectivity index (χ1v) is 10.2. The lowest BCUT2D eigenvalue weighted by molar-refractivity contribution is -0.149. The monoisotopic (exact) mass is 435 g/mol. The Kier molecular flexibility index (Phi) is 7.10. The highest BCUT2D eigenvalue weighted by atomic mass is 79.9. The van der Waals surface area contributed by atoms with E-state index in [1.54, 1.807) is 0 Å². The Labute approximate surface area is 168 Å². The topological polar surface area (TPSA) is 59.0 Å². The molecule has 1 atom stereocenters. The number of nitrogens with zero attached hydrogens (tertiary/aromatic N) is 1. The Bertz CT molecular complexity index is 774. The lowest BCUT2D eigenvalue weighted by Crippen LogP contribution is -2.42. The van der Waals surface area contributed by atoms with Crippen LogP contribution in [0, 0.1) is 5.92 Å². The zero-order valence-corrected chi connectivity index (χ0v) is 17.2. The second-order valence-corrected chi connectivity index (χ2v) is 7.86. The molecule has 1 saturated heterocycles. The second kappa shape index (κ2) is 9.53. The number of likely N-dealkylation sites (tertiary alicyclic amines) is 1. The van der Waals surface area contributed by atoms with Gasteiger partial charge in [-0.3, -0.25) is 4.79 Å². The highest BCUT2D eigenvalue weighted by Crippen LogP contribution is 2.24. The van der Waals surface area contributed by atoms with Crippen molar-refractivity contribution in [2.24, 2.45) is 5.92 Å². The number of hydrogen-bond acceptors (Lipinski definition) is 5. The maximum atomic E-state index is 11.8. The Balaban J connectivity index is 1.44. The van der Waals surface area contributed by atoms with Crippen LogP contribution in [0.15, 0.2) is 40.9 Å². The van der Waals surface area contributed by atoms with Crippen LogP contribution >= 0.6 is 15.9 Å². The van der Waals surface area contributed by atoms with Crippen LogP contribution in [0.2, 0.25) is 0 Å². The summed E-state index contributed by atoms with van der Waals surface area (Å²) in [5.74, 6) is 0.654. The van der Waals surface area contributed by atoms with E-state index in [2.05, 4.69) is 26.9 Å². The van der Waals surface area contributed by atoms with Gasteiger partial charge in [0.1, 0.15) is 18.5 Å². The number of rotatable bonds is 7. The van der Waals surface area contributed by atoms with Crippen molar-refractivity contribution in [3.8, 4) is 5.75 Å². The molecule has 0 saturated carbocycles. The minimum Gasteiger partial charge on any atom is -0.491 e. The third kappa shape index (κ3) is 5.67. The van der Waals surface area contributed by atoms with Crippen molar-refractivity contribution < 1.29 is 19.4 Å². The summed E-state index contributed by atoms with van der Waals surface area (Å²) in [6.45, 7) is 4.66. The molecular formula is C21H26BrNO4. The third-order valence-electron chi connectivity index (χ3n) is 4.89. The molecule has 1 aliphatic heterocycles. The van der Waals surface area contributed by atoms with Crippen molar-refractivity contribution in [2.75, 3.05) is 32.8 Å². The van der Waals surface area contributed by atoms with E-state index < -0.39 is 6.10 Å². The minimum atomic E-state index is -0.565. The van der Waals surface area contributed by atoms with E-state index in [9.17, 15) is 9.90 Å². The lowest BCUT2D eigenvalue weighted by Gasteiger charge is -2.32. The molecule has 0 radical (unpaired) electrons. The average Bonchev–Trinajstić information content (AvgIpc) is 2.67. The van der Waals surface area contributed by atoms with E-state index in [0.29, 0.717) is 13.2 Å². The summed E-state index contributed by atoms with van der Waals surface area (Å²) in [7, 11) is 0. The van der Waals surface area contributed by atoms with Gasteiger partial charge in [0.15, 0.2) is 0 Å². The second-order valence-electron chi connectivity index (χ2n) is 6.95. The number of esters is 1. The molecule has 6 heteroatoms. The van der Waals surface area contributed by atoms with Gasteiger partial charge in [-0.15, -0.1) is 0 Å². The smallest absolute Gasteiger partial charge is 0.309 e. The summed E-state index contributed by atoms with van der Waals surface area (Å²) >= 11 is 3.47. The largest absolute Gasteiger partial charge is 0.491 e. The van der Waals surface area contributed by atoms with E-state index >= 15 is 0 Å². The van der Waals surface area contributed by atoms with Crippen molar-refractivity contribution in [1.29, 1.82) is 0 Å². The summed E-state index contributed by atoms with van der Waals surface area (Å²) in [6.07, 6.45) is 1.00. The number of hydrogen-bond donors (Lipinski definition) is 1. The molecule has 1 N–H and O–H groups in total. The van der Waals surface area contributed by atoms with Crippen molar-refractivity contribution >= 4 is 32.7 Å². The van der Waals surface area contributed by atoms with Gasteiger partial charge in [0.2, 0.25) is 0 Å². The SMILES string of the molecule is CCOC(=O)C1CCN(C[C@@H](O)COc2ccc3cc(Br)ccc3c2)CC1. The van der Waals surface area contributed by atoms with Crippen molar-refractivity contribution in [3.63, 3.8) is 0 Å². The molecule has 1 heterocycles. The molecule has 0 amide bonds. The quantitative estimate of drug-likeness (QED) is 0.672. The predicted molar refractivity (Wildman–Crippen MR) is 109 cm³/mol. The number of benzene rings is 2. The molecule has 0 unspecified atom stereocenters. The van der Waals surface area contributed by atoms with Crippen molar-refractivity contribution in [2.45, 2.75) is 25.9 Å². The highest BCUT2D eigenvalue weighted by Gasteiger charge is 2.26. The fraction of sp³-hybridized carbons (Fsp3) is 0.476. The molecule has 0 spiro atoms. The number of aliphatic hydroxyl groups is 1. The summed E-state index contributed by atoms with van der Waals surface area (Å²) in [5, 5.41) is 12.6. The molecule has 1 aliphatic rings. The molecule has 2 aromatic carbocycles. The van der Waals surface area contributed by atoms with Gasteiger partial charge in [-0.05, 0) is 67.9 Å². The summed E-state index contributed by atoms with van der Waals surface area (Å²) in [4.78, 5) is 14.0. The molecule has 0 bridgehead atoms. The number of ether oxygens (including phenoxy) is 2. The minimum absolute atomic E-state index is 0.00720. The fourth-order valence-corrected chi connectivity index (χ4v) is 3.82. The van der Waals surface area contributed by atoms with Crippen LogP contribution in [0.5, 0.6) is 5.75 Å². The number of β-amino-alcohol motifs (C(OH)–C–C–N with tert-alkyl or cyclic N) is 1. The number of carbonyl (C=O) groups is 1. The van der Waals surface area contributed by atoms with Gasteiger partial charge >= 0.3 is 5.97 Å². The Morgan fingerprint density at radius 3 is 2.67 bits per heavy atom. The van der Waals surface area contributed by atoms with Gasteiger partial charge in [-0.2, -0.15) is 0 Å². The van der Waals surface area contributed by atoms with Gasteiger partial charge in [-0.1, -0.05) is 28.1 Å². The van der Waals surface area contributed by atoms with E-state index in [1.807, 2.05) is 37.3 Å². The molecule has 2 aromatic rings. The van der Waals surface area contributed by atoms with E-state index in [1.165, 1.54) is 0 Å². The summed E-state index contributed by atoms with van der Waals surface area (Å²) in [6, 6.07) is 12.0. The Hall–Kier alpha value is -1.63. The van der Waals surface area contributed by atoms with Crippen LogP contribution in [0.4, 0.5) is 0 Å². The van der Waals surface area contributed by atoms with Crippen LogP contribution in [0.25, 0.3) is 10.8 Å². The van der Waals surface area contributed by atoms with Crippen LogP contribution in [0.3, 0.4) is 0 Å². The van der Waals surface area contributed by atoms with E-state index in [4.69, 9.17) is 9.47 Å². The molecule has 0 aromatic heterocycles. The van der Waals surface area contributed by atoms with Crippen LogP contribution < -0.4 is 4.74 Å². The molecule has 0 aliphatic carbocycles. The third-order valence-corrected chi connectivity index (χ3v) is 5.39. The van der Waals surface area contributed by atoms with Crippen molar-refractivity contribution in [1.82, 2.24) is 4.90 Å². The molecule has 146 valence electrons. The predicted octanol–water partition coefficient (Wildman–Crippen LogP) is 3.62. The zero-order valence-electron chi connectivity index (χ0n) is 15.6. The van der Waals surface area contributed by atoms with Gasteiger partial charge in [0, 0.05) is 11.0 Å². The normalized spacial score (nSPS) is 17.0. The standard InChI is InChI=1S/C21H26BrNO4/c1-2-26-21(25)15-7-9-23(10-8-15)13-19(24)14-27-20-6-4-16-11-18(22)5-3-17(16)12-20/h3-6,11-12,15,19,24H,2,7-10,13-14H2,1H3/t19-/m1/s1. The average molecular weight is 436 g/mol. The first-order chi connectivity index (χ1) is 13.0. The lowest BCUT2D eigenvalue weighted by atomic mass is 9.97. The first-order valence-electron chi connectivity index (χ1n) is 9.44. The Morgan fingerprint density at radius 2 is 1.93 bits per heavy atom. The molecule has 27 heavy (non-hydrogen) atoms. The van der Waals surface area contributed by atoms with Gasteiger partial charge < -0.3 is 19.5 Å². The molecule has 1 fully saturated rings. The highest BCUT2D eigenvalue weighted by molar-refractivity contribution is 9.10. The fourth-order valence-electron chi connectivity index (χ4n) is 3.44. The number of halogens is 1. The maximum absolute atomic E-state index is 11.8. The van der Waals surface area contributed by atoms with Crippen molar-refractivity contribution in [3.05, 3.63) is 40.9 Å².